The number of halogens is 2. The molecule has 0 radical (unpaired) electrons. The largest absolute Gasteiger partial charge is 0.503 e. The predicted octanol–water partition coefficient (Wildman–Crippen LogP) is 6.09. The van der Waals surface area contributed by atoms with Gasteiger partial charge in [-0.3, -0.25) is 19.4 Å². The second-order valence-electron chi connectivity index (χ2n) is 7.36. The minimum absolute atomic E-state index is 0.181. The molecule has 0 bridgehead atoms. The lowest BCUT2D eigenvalue weighted by Gasteiger charge is -2.27. The molecule has 1 heterocycles. The van der Waals surface area contributed by atoms with Crippen LogP contribution in [0.25, 0.3) is 0 Å². The lowest BCUT2D eigenvalue weighted by molar-refractivity contribution is -0.118. The summed E-state index contributed by atoms with van der Waals surface area (Å²) < 4.78 is 0. The third-order valence-corrected chi connectivity index (χ3v) is 5.46. The van der Waals surface area contributed by atoms with Gasteiger partial charge in [0.2, 0.25) is 6.41 Å². The topological polar surface area (TPSA) is 111 Å². The van der Waals surface area contributed by atoms with Crippen molar-refractivity contribution in [1.82, 2.24) is 15.5 Å². The molecular weight excluding hydrogens is 547 g/mol. The zero-order chi connectivity index (χ0) is 29.5. The van der Waals surface area contributed by atoms with Crippen molar-refractivity contribution in [2.24, 2.45) is 4.99 Å². The number of likely N-dealkylation sites (tertiary alicyclic amines) is 1. The van der Waals surface area contributed by atoms with Crippen molar-refractivity contribution in [2.45, 2.75) is 73.3 Å². The molecule has 1 unspecified atom stereocenters. The van der Waals surface area contributed by atoms with Crippen molar-refractivity contribution in [3.63, 3.8) is 0 Å². The van der Waals surface area contributed by atoms with Crippen molar-refractivity contribution in [1.29, 1.82) is 0 Å². The Bertz CT molecular complexity index is 878. The summed E-state index contributed by atoms with van der Waals surface area (Å²) in [4.78, 5) is 42.0. The zero-order valence-corrected chi connectivity index (χ0v) is 25.8. The van der Waals surface area contributed by atoms with Gasteiger partial charge in [0.25, 0.3) is 11.8 Å². The first-order chi connectivity index (χ1) is 18.3. The normalized spacial score (nSPS) is 14.6. The van der Waals surface area contributed by atoms with Crippen molar-refractivity contribution >= 4 is 59.9 Å². The van der Waals surface area contributed by atoms with E-state index in [1.165, 1.54) is 12.5 Å². The van der Waals surface area contributed by atoms with E-state index in [-0.39, 0.29) is 40.4 Å². The molecule has 216 valence electrons. The number of aliphatic imine (C=N–C) groups is 1. The molecule has 3 amide bonds. The molecule has 0 spiro atoms. The van der Waals surface area contributed by atoms with E-state index in [1.54, 1.807) is 23.1 Å². The monoisotopic (exact) mass is 590 g/mol. The highest BCUT2D eigenvalue weighted by Gasteiger charge is 2.35. The lowest BCUT2D eigenvalue weighted by atomic mass is 10.1. The summed E-state index contributed by atoms with van der Waals surface area (Å²) in [7, 11) is 0. The van der Waals surface area contributed by atoms with Gasteiger partial charge in [0.1, 0.15) is 5.84 Å². The molecule has 1 saturated heterocycles. The van der Waals surface area contributed by atoms with Gasteiger partial charge in [-0.05, 0) is 43.2 Å². The van der Waals surface area contributed by atoms with Crippen molar-refractivity contribution in [2.75, 3.05) is 25.4 Å². The van der Waals surface area contributed by atoms with Crippen LogP contribution in [0.4, 0.5) is 0 Å². The van der Waals surface area contributed by atoms with Crippen LogP contribution in [-0.2, 0) is 9.59 Å². The fraction of sp³-hybridized carbons (Fsp3) is 0.556. The van der Waals surface area contributed by atoms with E-state index < -0.39 is 17.7 Å². The lowest BCUT2D eigenvalue weighted by Crippen LogP contribution is -2.48. The molecule has 0 aromatic heterocycles. The molecule has 2 rings (SSSR count). The number of amidine groups is 1. The Balaban J connectivity index is 0. The Morgan fingerprint density at radius 2 is 1.76 bits per heavy atom. The number of amides is 3. The molecule has 1 aromatic rings. The molecule has 1 atom stereocenters. The summed E-state index contributed by atoms with van der Waals surface area (Å²) in [5, 5.41) is 15.5. The minimum Gasteiger partial charge on any atom is -0.503 e. The molecule has 1 aliphatic rings. The van der Waals surface area contributed by atoms with Crippen LogP contribution in [0, 0.1) is 0 Å². The van der Waals surface area contributed by atoms with Gasteiger partial charge < -0.3 is 20.6 Å². The molecule has 38 heavy (non-hydrogen) atoms. The molecule has 1 aliphatic heterocycles. The minimum atomic E-state index is -0.737. The molecule has 11 heteroatoms. The van der Waals surface area contributed by atoms with Gasteiger partial charge in [0.15, 0.2) is 5.76 Å². The predicted molar refractivity (Wildman–Crippen MR) is 163 cm³/mol. The highest BCUT2D eigenvalue weighted by Crippen LogP contribution is 2.29. The molecule has 0 aliphatic carbocycles. The first-order valence-electron chi connectivity index (χ1n) is 13.1. The van der Waals surface area contributed by atoms with Crippen molar-refractivity contribution in [3.8, 4) is 0 Å². The number of hydrogen-bond acceptors (Lipinski definition) is 6. The van der Waals surface area contributed by atoms with Crippen LogP contribution >= 0.6 is 35.8 Å². The number of nitrogens with one attached hydrogen (secondary N) is 2. The Morgan fingerprint density at radius 3 is 2.29 bits per heavy atom. The van der Waals surface area contributed by atoms with Gasteiger partial charge in [-0.15, -0.1) is 0 Å². The second kappa shape index (κ2) is 23.9. The van der Waals surface area contributed by atoms with Crippen molar-refractivity contribution < 1.29 is 19.5 Å². The molecule has 8 nitrogen and oxygen atoms in total. The van der Waals surface area contributed by atoms with Crippen molar-refractivity contribution in [3.05, 3.63) is 45.6 Å². The number of rotatable bonds is 9. The third-order valence-electron chi connectivity index (χ3n) is 4.57. The average Bonchev–Trinajstić information content (AvgIpc) is 3.41. The summed E-state index contributed by atoms with van der Waals surface area (Å²) >= 11 is 16.4. The van der Waals surface area contributed by atoms with Crippen LogP contribution in [0.15, 0.2) is 35.0 Å². The molecule has 3 N–H and O–H groups in total. The maximum Gasteiger partial charge on any atom is 0.291 e. The Morgan fingerprint density at radius 1 is 1.18 bits per heavy atom. The first-order valence-corrected chi connectivity index (χ1v) is 14.5. The number of benzene rings is 1. The first kappa shape index (κ1) is 37.9. The van der Waals surface area contributed by atoms with Gasteiger partial charge >= 0.3 is 0 Å². The Kier molecular flexibility index (Phi) is 23.8. The number of hydrogen-bond donors (Lipinski definition) is 4. The van der Waals surface area contributed by atoms with E-state index in [1.807, 2.05) is 27.7 Å². The number of aliphatic hydroxyl groups is 1. The van der Waals surface area contributed by atoms with Gasteiger partial charge in [-0.25, -0.2) is 0 Å². The van der Waals surface area contributed by atoms with Gasteiger partial charge in [-0.2, -0.15) is 12.6 Å². The van der Waals surface area contributed by atoms with Gasteiger partial charge in [0, 0.05) is 13.1 Å². The quantitative estimate of drug-likeness (QED) is 0.0530. The van der Waals surface area contributed by atoms with Crippen LogP contribution in [0.5, 0.6) is 0 Å². The Hall–Kier alpha value is -2.23. The summed E-state index contributed by atoms with van der Waals surface area (Å²) in [5.41, 5.74) is 0.183. The van der Waals surface area contributed by atoms with Gasteiger partial charge in [-0.1, -0.05) is 77.2 Å². The molecule has 1 aromatic carbocycles. The van der Waals surface area contributed by atoms with Crippen LogP contribution < -0.4 is 10.6 Å². The van der Waals surface area contributed by atoms with E-state index in [0.717, 1.165) is 0 Å². The fourth-order valence-corrected chi connectivity index (χ4v) is 3.83. The van der Waals surface area contributed by atoms with Crippen LogP contribution in [0.3, 0.4) is 0 Å². The second-order valence-corrected chi connectivity index (χ2v) is 8.62. The maximum absolute atomic E-state index is 13.2. The fourth-order valence-electron chi connectivity index (χ4n) is 3.14. The highest BCUT2D eigenvalue weighted by atomic mass is 35.5. The molecule has 0 saturated carbocycles. The van der Waals surface area contributed by atoms with Gasteiger partial charge in [0.05, 0.1) is 28.2 Å². The third kappa shape index (κ3) is 13.5. The SMILES string of the molecule is CC.CC.CCC.O=CNCCN=C(NC(=O)/C(O)=C/CCS)C1CCCN1C(=O)c1c(Cl)cccc1Cl. The standard InChI is InChI=1S/C20H24Cl2N4O4S.C3H8.2C2H6/c21-13-4-1-5-14(22)17(13)20(30)26-10-2-6-15(26)18(24-9-8-23-12-27)25-19(29)16(28)7-3-11-31;1-3-2;2*1-2/h1,4-5,7,12,15,28,31H,2-3,6,8-11H2,(H,23,27)(H,24,25,29);3H2,1-2H3;2*1-2H3/b16-7-;;;. The molecule has 1 fully saturated rings. The van der Waals surface area contributed by atoms with Crippen LogP contribution in [-0.4, -0.2) is 65.5 Å². The summed E-state index contributed by atoms with van der Waals surface area (Å²) in [6.45, 7) is 13.1. The number of allylic oxidation sites excluding steroid dienone is 1. The number of carbonyl (C=O) groups excluding carboxylic acids is 3. The Labute approximate surface area is 243 Å². The van der Waals surface area contributed by atoms with E-state index in [2.05, 4.69) is 42.1 Å². The zero-order valence-electron chi connectivity index (χ0n) is 23.4. The number of aliphatic hydroxyl groups excluding tert-OH is 1. The van der Waals surface area contributed by atoms with E-state index >= 15 is 0 Å². The number of thiol groups is 1. The van der Waals surface area contributed by atoms with E-state index in [4.69, 9.17) is 23.2 Å². The molecular formula is C27H44Cl2N4O4S. The highest BCUT2D eigenvalue weighted by molar-refractivity contribution is 7.80. The van der Waals surface area contributed by atoms with Crippen LogP contribution in [0.1, 0.15) is 77.6 Å². The summed E-state index contributed by atoms with van der Waals surface area (Å²) in [6.07, 6.45) is 4.80. The van der Waals surface area contributed by atoms with E-state index in [9.17, 15) is 19.5 Å². The smallest absolute Gasteiger partial charge is 0.291 e. The average molecular weight is 592 g/mol. The van der Waals surface area contributed by atoms with Crippen LogP contribution in [0.2, 0.25) is 10.0 Å². The maximum atomic E-state index is 13.2. The number of nitrogens with zero attached hydrogens (tertiary/aromatic N) is 2. The number of carbonyl (C=O) groups is 3. The summed E-state index contributed by atoms with van der Waals surface area (Å²) in [6, 6.07) is 4.27. The summed E-state index contributed by atoms with van der Waals surface area (Å²) in [5.74, 6) is -0.880. The van der Waals surface area contributed by atoms with E-state index in [0.29, 0.717) is 38.0 Å².